The molecule has 0 aromatic carbocycles. The molecular weight excluding hydrogens is 286 g/mol. The Morgan fingerprint density at radius 1 is 1.53 bits per heavy atom. The normalized spacial score (nSPS) is 10.5. The van der Waals surface area contributed by atoms with E-state index in [9.17, 15) is 4.79 Å². The standard InChI is InChI=1S/C10H18BrN5O/c1-3-16-8(9(11)7(2)15-16)6-13-4-5-14-10(12)17/h13H,3-6H2,1-2H3,(H3,12,14,17). The van der Waals surface area contributed by atoms with Gasteiger partial charge in [-0.05, 0) is 29.8 Å². The summed E-state index contributed by atoms with van der Waals surface area (Å²) in [6.07, 6.45) is 0. The van der Waals surface area contributed by atoms with E-state index in [4.69, 9.17) is 5.73 Å². The summed E-state index contributed by atoms with van der Waals surface area (Å²) < 4.78 is 2.99. The molecule has 17 heavy (non-hydrogen) atoms. The van der Waals surface area contributed by atoms with Crippen molar-refractivity contribution in [3.8, 4) is 0 Å². The molecule has 1 heterocycles. The minimum atomic E-state index is -0.498. The van der Waals surface area contributed by atoms with Crippen molar-refractivity contribution in [1.82, 2.24) is 20.4 Å². The van der Waals surface area contributed by atoms with Gasteiger partial charge in [0.25, 0.3) is 0 Å². The lowest BCUT2D eigenvalue weighted by Gasteiger charge is -2.07. The Hall–Kier alpha value is -1.08. The highest BCUT2D eigenvalue weighted by Crippen LogP contribution is 2.20. The number of aryl methyl sites for hydroxylation is 2. The molecule has 6 nitrogen and oxygen atoms in total. The Kier molecular flexibility index (Phi) is 5.43. The highest BCUT2D eigenvalue weighted by atomic mass is 79.9. The van der Waals surface area contributed by atoms with Crippen molar-refractivity contribution in [3.05, 3.63) is 15.9 Å². The fourth-order valence-corrected chi connectivity index (χ4v) is 1.94. The van der Waals surface area contributed by atoms with E-state index < -0.39 is 6.03 Å². The van der Waals surface area contributed by atoms with Gasteiger partial charge in [0, 0.05) is 26.2 Å². The second-order valence-corrected chi connectivity index (χ2v) is 4.42. The molecule has 7 heteroatoms. The van der Waals surface area contributed by atoms with E-state index in [0.717, 1.165) is 22.4 Å². The molecule has 0 aliphatic heterocycles. The molecule has 4 N–H and O–H groups in total. The maximum atomic E-state index is 10.5. The maximum absolute atomic E-state index is 10.5. The number of hydrogen-bond donors (Lipinski definition) is 3. The number of nitrogens with two attached hydrogens (primary N) is 1. The number of amides is 2. The van der Waals surface area contributed by atoms with Gasteiger partial charge in [0.05, 0.1) is 15.9 Å². The van der Waals surface area contributed by atoms with E-state index in [2.05, 4.69) is 38.6 Å². The second kappa shape index (κ2) is 6.61. The fourth-order valence-electron chi connectivity index (χ4n) is 1.52. The Morgan fingerprint density at radius 2 is 2.24 bits per heavy atom. The minimum absolute atomic E-state index is 0.498. The summed E-state index contributed by atoms with van der Waals surface area (Å²) in [5.74, 6) is 0. The number of carbonyl (C=O) groups excluding carboxylic acids is 1. The Balaban J connectivity index is 2.43. The highest BCUT2D eigenvalue weighted by Gasteiger charge is 2.10. The first-order valence-corrected chi connectivity index (χ1v) is 6.31. The average molecular weight is 304 g/mol. The molecule has 0 saturated carbocycles. The first-order valence-electron chi connectivity index (χ1n) is 5.52. The highest BCUT2D eigenvalue weighted by molar-refractivity contribution is 9.10. The van der Waals surface area contributed by atoms with E-state index in [1.807, 2.05) is 11.6 Å². The molecule has 0 aliphatic carbocycles. The molecule has 0 atom stereocenters. The van der Waals surface area contributed by atoms with Crippen LogP contribution in [0.4, 0.5) is 4.79 Å². The molecule has 0 unspecified atom stereocenters. The van der Waals surface area contributed by atoms with Gasteiger partial charge in [0.1, 0.15) is 0 Å². The van der Waals surface area contributed by atoms with Crippen LogP contribution in [0.1, 0.15) is 18.3 Å². The van der Waals surface area contributed by atoms with Gasteiger partial charge in [-0.25, -0.2) is 4.79 Å². The number of nitrogens with one attached hydrogen (secondary N) is 2. The number of urea groups is 1. The minimum Gasteiger partial charge on any atom is -0.352 e. The van der Waals surface area contributed by atoms with E-state index in [-0.39, 0.29) is 0 Å². The van der Waals surface area contributed by atoms with E-state index in [0.29, 0.717) is 19.6 Å². The molecule has 1 aromatic rings. The fraction of sp³-hybridized carbons (Fsp3) is 0.600. The van der Waals surface area contributed by atoms with Gasteiger partial charge in [0.2, 0.25) is 0 Å². The molecular formula is C10H18BrN5O. The van der Waals surface area contributed by atoms with Gasteiger partial charge in [0.15, 0.2) is 0 Å². The van der Waals surface area contributed by atoms with Crippen LogP contribution in [0.15, 0.2) is 4.47 Å². The van der Waals surface area contributed by atoms with Crippen LogP contribution in [-0.2, 0) is 13.1 Å². The summed E-state index contributed by atoms with van der Waals surface area (Å²) in [6.45, 7) is 6.75. The van der Waals surface area contributed by atoms with Crippen molar-refractivity contribution >= 4 is 22.0 Å². The SMILES string of the molecule is CCn1nc(C)c(Br)c1CNCCNC(N)=O. The molecule has 0 aliphatic rings. The summed E-state index contributed by atoms with van der Waals surface area (Å²) in [7, 11) is 0. The van der Waals surface area contributed by atoms with Crippen LogP contribution < -0.4 is 16.4 Å². The first kappa shape index (κ1) is 14.0. The summed E-state index contributed by atoms with van der Waals surface area (Å²) >= 11 is 3.52. The molecule has 0 fully saturated rings. The number of carbonyl (C=O) groups is 1. The second-order valence-electron chi connectivity index (χ2n) is 3.63. The molecule has 0 saturated heterocycles. The molecule has 0 bridgehead atoms. The zero-order valence-corrected chi connectivity index (χ0v) is 11.7. The smallest absolute Gasteiger partial charge is 0.312 e. The lowest BCUT2D eigenvalue weighted by Crippen LogP contribution is -2.35. The van der Waals surface area contributed by atoms with Gasteiger partial charge in [-0.3, -0.25) is 4.68 Å². The van der Waals surface area contributed by atoms with Crippen molar-refractivity contribution in [2.24, 2.45) is 5.73 Å². The van der Waals surface area contributed by atoms with Crippen LogP contribution in [0.3, 0.4) is 0 Å². The van der Waals surface area contributed by atoms with Gasteiger partial charge < -0.3 is 16.4 Å². The van der Waals surface area contributed by atoms with Crippen molar-refractivity contribution < 1.29 is 4.79 Å². The largest absolute Gasteiger partial charge is 0.352 e. The quantitative estimate of drug-likeness (QED) is 0.677. The molecule has 96 valence electrons. The van der Waals surface area contributed by atoms with Crippen molar-refractivity contribution in [3.63, 3.8) is 0 Å². The predicted octanol–water partition coefficient (Wildman–Crippen LogP) is 0.732. The Bertz CT molecular complexity index is 390. The molecule has 1 rings (SSSR count). The number of rotatable bonds is 6. The molecule has 0 radical (unpaired) electrons. The molecule has 2 amide bonds. The Labute approximate surface area is 109 Å². The van der Waals surface area contributed by atoms with Crippen LogP contribution in [0, 0.1) is 6.92 Å². The summed E-state index contributed by atoms with van der Waals surface area (Å²) in [6, 6.07) is -0.498. The number of hydrogen-bond acceptors (Lipinski definition) is 3. The predicted molar refractivity (Wildman–Crippen MR) is 69.6 cm³/mol. The molecule has 0 spiro atoms. The number of aromatic nitrogens is 2. The zero-order valence-electron chi connectivity index (χ0n) is 10.1. The zero-order chi connectivity index (χ0) is 12.8. The number of primary amides is 1. The van der Waals surface area contributed by atoms with Crippen molar-refractivity contribution in [2.75, 3.05) is 13.1 Å². The monoisotopic (exact) mass is 303 g/mol. The van der Waals surface area contributed by atoms with Gasteiger partial charge in [-0.1, -0.05) is 0 Å². The maximum Gasteiger partial charge on any atom is 0.312 e. The van der Waals surface area contributed by atoms with Gasteiger partial charge in [-0.15, -0.1) is 0 Å². The summed E-state index contributed by atoms with van der Waals surface area (Å²) in [5.41, 5.74) is 7.06. The third kappa shape index (κ3) is 4.01. The Morgan fingerprint density at radius 3 is 2.82 bits per heavy atom. The van der Waals surface area contributed by atoms with Gasteiger partial charge >= 0.3 is 6.03 Å². The van der Waals surface area contributed by atoms with Crippen molar-refractivity contribution in [2.45, 2.75) is 26.9 Å². The number of nitrogens with zero attached hydrogens (tertiary/aromatic N) is 2. The van der Waals surface area contributed by atoms with Crippen LogP contribution in [0.25, 0.3) is 0 Å². The van der Waals surface area contributed by atoms with E-state index in [1.165, 1.54) is 0 Å². The molecule has 1 aromatic heterocycles. The summed E-state index contributed by atoms with van der Waals surface area (Å²) in [4.78, 5) is 10.5. The first-order chi connectivity index (χ1) is 8.06. The average Bonchev–Trinajstić information content (AvgIpc) is 2.55. The van der Waals surface area contributed by atoms with Crippen LogP contribution in [0.5, 0.6) is 0 Å². The van der Waals surface area contributed by atoms with E-state index in [1.54, 1.807) is 0 Å². The number of halogens is 1. The van der Waals surface area contributed by atoms with E-state index >= 15 is 0 Å². The van der Waals surface area contributed by atoms with Crippen LogP contribution in [-0.4, -0.2) is 28.9 Å². The van der Waals surface area contributed by atoms with Crippen molar-refractivity contribution in [1.29, 1.82) is 0 Å². The van der Waals surface area contributed by atoms with Crippen LogP contribution in [0.2, 0.25) is 0 Å². The summed E-state index contributed by atoms with van der Waals surface area (Å²) in [5, 5.41) is 10.1. The van der Waals surface area contributed by atoms with Gasteiger partial charge in [-0.2, -0.15) is 5.10 Å². The third-order valence-corrected chi connectivity index (χ3v) is 3.38. The lowest BCUT2D eigenvalue weighted by molar-refractivity contribution is 0.249. The van der Waals surface area contributed by atoms with Crippen LogP contribution >= 0.6 is 15.9 Å². The topological polar surface area (TPSA) is 85.0 Å². The lowest BCUT2D eigenvalue weighted by atomic mass is 10.3. The third-order valence-electron chi connectivity index (χ3n) is 2.35.